The Morgan fingerprint density at radius 2 is 1.94 bits per heavy atom. The number of aromatic nitrogens is 1. The molecule has 2 N–H and O–H groups in total. The SMILES string of the molecule is CC(C)(N)Cc1csc(C(C2CC2)C2CC2)n1. The van der Waals surface area contributed by atoms with Gasteiger partial charge in [-0.05, 0) is 51.4 Å². The summed E-state index contributed by atoms with van der Waals surface area (Å²) in [5.74, 6) is 2.69. The normalized spacial score (nSPS) is 21.2. The van der Waals surface area contributed by atoms with Gasteiger partial charge in [0.25, 0.3) is 0 Å². The fourth-order valence-corrected chi connectivity index (χ4v) is 3.83. The molecular weight excluding hydrogens is 228 g/mol. The lowest BCUT2D eigenvalue weighted by molar-refractivity contribution is 0.504. The Morgan fingerprint density at radius 1 is 1.35 bits per heavy atom. The van der Waals surface area contributed by atoms with Gasteiger partial charge in [-0.25, -0.2) is 4.98 Å². The molecule has 1 aromatic heterocycles. The Hall–Kier alpha value is -0.410. The second-order valence-electron chi connectivity index (χ2n) is 6.54. The van der Waals surface area contributed by atoms with E-state index in [1.807, 2.05) is 11.3 Å². The Kier molecular flexibility index (Phi) is 2.79. The van der Waals surface area contributed by atoms with Crippen LogP contribution in [0.3, 0.4) is 0 Å². The van der Waals surface area contributed by atoms with Crippen molar-refractivity contribution in [3.8, 4) is 0 Å². The minimum absolute atomic E-state index is 0.139. The van der Waals surface area contributed by atoms with Crippen molar-refractivity contribution in [2.75, 3.05) is 0 Å². The van der Waals surface area contributed by atoms with Crippen LogP contribution in [0.15, 0.2) is 5.38 Å². The summed E-state index contributed by atoms with van der Waals surface area (Å²) in [7, 11) is 0. The summed E-state index contributed by atoms with van der Waals surface area (Å²) < 4.78 is 0. The van der Waals surface area contributed by atoms with E-state index in [-0.39, 0.29) is 5.54 Å². The number of hydrogen-bond acceptors (Lipinski definition) is 3. The monoisotopic (exact) mass is 250 g/mol. The lowest BCUT2D eigenvalue weighted by Gasteiger charge is -2.16. The summed E-state index contributed by atoms with van der Waals surface area (Å²) >= 11 is 1.87. The predicted octanol–water partition coefficient (Wildman–Crippen LogP) is 3.33. The first-order chi connectivity index (χ1) is 8.03. The van der Waals surface area contributed by atoms with Crippen LogP contribution in [0.25, 0.3) is 0 Å². The molecule has 1 heterocycles. The van der Waals surface area contributed by atoms with Crippen molar-refractivity contribution in [1.29, 1.82) is 0 Å². The van der Waals surface area contributed by atoms with Crippen molar-refractivity contribution in [3.05, 3.63) is 16.1 Å². The van der Waals surface area contributed by atoms with Gasteiger partial charge in [0.05, 0.1) is 10.7 Å². The predicted molar refractivity (Wildman–Crippen MR) is 72.3 cm³/mol. The summed E-state index contributed by atoms with van der Waals surface area (Å²) in [6.07, 6.45) is 6.61. The van der Waals surface area contributed by atoms with E-state index in [0.717, 1.165) is 24.2 Å². The van der Waals surface area contributed by atoms with E-state index >= 15 is 0 Å². The van der Waals surface area contributed by atoms with Gasteiger partial charge >= 0.3 is 0 Å². The molecule has 1 aromatic rings. The Morgan fingerprint density at radius 3 is 2.41 bits per heavy atom. The molecule has 2 saturated carbocycles. The molecule has 3 heteroatoms. The standard InChI is InChI=1S/C14H22N2S/c1-14(2,15)7-11-8-17-13(16-11)12(9-3-4-9)10-5-6-10/h8-10,12H,3-7,15H2,1-2H3. The van der Waals surface area contributed by atoms with Gasteiger partial charge in [-0.2, -0.15) is 0 Å². The molecule has 94 valence electrons. The summed E-state index contributed by atoms with van der Waals surface area (Å²) in [5.41, 5.74) is 7.12. The number of nitrogens with two attached hydrogens (primary N) is 1. The first kappa shape index (κ1) is 11.7. The van der Waals surface area contributed by atoms with Gasteiger partial charge in [-0.3, -0.25) is 0 Å². The van der Waals surface area contributed by atoms with E-state index in [2.05, 4.69) is 19.2 Å². The molecule has 2 fully saturated rings. The number of nitrogens with zero attached hydrogens (tertiary/aromatic N) is 1. The van der Waals surface area contributed by atoms with Crippen molar-refractivity contribution in [2.24, 2.45) is 17.6 Å². The van der Waals surface area contributed by atoms with Gasteiger partial charge in [-0.15, -0.1) is 11.3 Å². The van der Waals surface area contributed by atoms with Crippen LogP contribution in [0.1, 0.15) is 56.2 Å². The molecule has 0 spiro atoms. The molecular formula is C14H22N2S. The Balaban J connectivity index is 1.74. The quantitative estimate of drug-likeness (QED) is 0.870. The molecule has 0 saturated heterocycles. The zero-order chi connectivity index (χ0) is 12.0. The molecule has 0 radical (unpaired) electrons. The van der Waals surface area contributed by atoms with E-state index in [1.54, 1.807) is 0 Å². The first-order valence-electron chi connectivity index (χ1n) is 6.76. The second-order valence-corrected chi connectivity index (χ2v) is 7.43. The van der Waals surface area contributed by atoms with E-state index in [0.29, 0.717) is 0 Å². The molecule has 2 nitrogen and oxygen atoms in total. The van der Waals surface area contributed by atoms with Gasteiger partial charge < -0.3 is 5.73 Å². The maximum atomic E-state index is 6.06. The summed E-state index contributed by atoms with van der Waals surface area (Å²) in [6, 6.07) is 0. The van der Waals surface area contributed by atoms with Crippen LogP contribution >= 0.6 is 11.3 Å². The van der Waals surface area contributed by atoms with Crippen molar-refractivity contribution < 1.29 is 0 Å². The van der Waals surface area contributed by atoms with Gasteiger partial charge in [0.1, 0.15) is 0 Å². The van der Waals surface area contributed by atoms with E-state index < -0.39 is 0 Å². The molecule has 17 heavy (non-hydrogen) atoms. The minimum atomic E-state index is -0.139. The molecule has 0 atom stereocenters. The summed E-state index contributed by atoms with van der Waals surface area (Å²) in [5, 5.41) is 3.62. The van der Waals surface area contributed by atoms with Crippen LogP contribution in [-0.4, -0.2) is 10.5 Å². The van der Waals surface area contributed by atoms with Crippen LogP contribution in [0.5, 0.6) is 0 Å². The van der Waals surface area contributed by atoms with Crippen LogP contribution in [0.4, 0.5) is 0 Å². The third-order valence-electron chi connectivity index (χ3n) is 3.75. The Labute approximate surface area is 108 Å². The van der Waals surface area contributed by atoms with Crippen molar-refractivity contribution in [3.63, 3.8) is 0 Å². The summed E-state index contributed by atoms with van der Waals surface area (Å²) in [4.78, 5) is 4.86. The average molecular weight is 250 g/mol. The van der Waals surface area contributed by atoms with Gasteiger partial charge in [0, 0.05) is 23.3 Å². The second kappa shape index (κ2) is 4.06. The fraction of sp³-hybridized carbons (Fsp3) is 0.786. The van der Waals surface area contributed by atoms with Crippen LogP contribution in [-0.2, 0) is 6.42 Å². The number of thiazole rings is 1. The molecule has 0 bridgehead atoms. The van der Waals surface area contributed by atoms with E-state index in [9.17, 15) is 0 Å². The van der Waals surface area contributed by atoms with Crippen LogP contribution < -0.4 is 5.73 Å². The van der Waals surface area contributed by atoms with Gasteiger partial charge in [-0.1, -0.05) is 0 Å². The Bertz CT molecular complexity index is 385. The van der Waals surface area contributed by atoms with Gasteiger partial charge in [0.15, 0.2) is 0 Å². The molecule has 0 aliphatic heterocycles. The summed E-state index contributed by atoms with van der Waals surface area (Å²) in [6.45, 7) is 4.15. The maximum absolute atomic E-state index is 6.06. The molecule has 2 aliphatic carbocycles. The lowest BCUT2D eigenvalue weighted by Crippen LogP contribution is -2.34. The average Bonchev–Trinajstić information content (AvgIpc) is 3.07. The highest BCUT2D eigenvalue weighted by atomic mass is 32.1. The third-order valence-corrected chi connectivity index (χ3v) is 4.75. The molecule has 0 aromatic carbocycles. The van der Waals surface area contributed by atoms with Crippen LogP contribution in [0, 0.1) is 11.8 Å². The van der Waals surface area contributed by atoms with Crippen molar-refractivity contribution >= 4 is 11.3 Å². The maximum Gasteiger partial charge on any atom is 0.0964 e. The zero-order valence-electron chi connectivity index (χ0n) is 10.8. The van der Waals surface area contributed by atoms with Crippen molar-refractivity contribution in [2.45, 2.75) is 57.4 Å². The third kappa shape index (κ3) is 2.89. The van der Waals surface area contributed by atoms with E-state index in [4.69, 9.17) is 10.7 Å². The molecule has 0 amide bonds. The topological polar surface area (TPSA) is 38.9 Å². The highest BCUT2D eigenvalue weighted by Crippen LogP contribution is 2.54. The first-order valence-corrected chi connectivity index (χ1v) is 7.64. The highest BCUT2D eigenvalue weighted by Gasteiger charge is 2.43. The molecule has 3 rings (SSSR count). The number of hydrogen-bond donors (Lipinski definition) is 1. The largest absolute Gasteiger partial charge is 0.325 e. The lowest BCUT2D eigenvalue weighted by atomic mass is 9.98. The number of rotatable bonds is 5. The van der Waals surface area contributed by atoms with E-state index in [1.165, 1.54) is 36.4 Å². The fourth-order valence-electron chi connectivity index (χ4n) is 2.72. The smallest absolute Gasteiger partial charge is 0.0964 e. The minimum Gasteiger partial charge on any atom is -0.325 e. The van der Waals surface area contributed by atoms with Crippen molar-refractivity contribution in [1.82, 2.24) is 4.98 Å². The van der Waals surface area contributed by atoms with Gasteiger partial charge in [0.2, 0.25) is 0 Å². The van der Waals surface area contributed by atoms with Crippen LogP contribution in [0.2, 0.25) is 0 Å². The molecule has 2 aliphatic rings. The zero-order valence-corrected chi connectivity index (χ0v) is 11.6. The highest BCUT2D eigenvalue weighted by molar-refractivity contribution is 7.09. The molecule has 0 unspecified atom stereocenters.